The van der Waals surface area contributed by atoms with Crippen molar-refractivity contribution in [2.45, 2.75) is 53.6 Å². The fourth-order valence-electron chi connectivity index (χ4n) is 1.84. The minimum atomic E-state index is -0.449. The number of amides is 1. The van der Waals surface area contributed by atoms with Crippen molar-refractivity contribution in [2.24, 2.45) is 5.41 Å². The van der Waals surface area contributed by atoms with Gasteiger partial charge < -0.3 is 9.64 Å². The van der Waals surface area contributed by atoms with E-state index in [0.29, 0.717) is 18.7 Å². The Morgan fingerprint density at radius 2 is 2.00 bits per heavy atom. The molecule has 0 saturated heterocycles. The molecule has 1 amide bonds. The van der Waals surface area contributed by atoms with Gasteiger partial charge in [-0.05, 0) is 19.3 Å². The molecule has 0 aliphatic carbocycles. The summed E-state index contributed by atoms with van der Waals surface area (Å²) in [7, 11) is 1.33. The van der Waals surface area contributed by atoms with Crippen LogP contribution in [0.1, 0.15) is 56.5 Å². The maximum atomic E-state index is 12.4. The zero-order valence-corrected chi connectivity index (χ0v) is 14.4. The van der Waals surface area contributed by atoms with Gasteiger partial charge in [0.25, 0.3) is 0 Å². The Morgan fingerprint density at radius 3 is 2.48 bits per heavy atom. The second kappa shape index (κ2) is 7.02. The highest BCUT2D eigenvalue weighted by Gasteiger charge is 2.24. The summed E-state index contributed by atoms with van der Waals surface area (Å²) in [6, 6.07) is 0.0883. The van der Waals surface area contributed by atoms with Gasteiger partial charge in [-0.15, -0.1) is 11.3 Å². The number of nitrogens with zero attached hydrogens (tertiary/aromatic N) is 2. The predicted molar refractivity (Wildman–Crippen MR) is 83.2 cm³/mol. The summed E-state index contributed by atoms with van der Waals surface area (Å²) in [5.74, 6) is -0.345. The van der Waals surface area contributed by atoms with Crippen LogP contribution in [0.4, 0.5) is 0 Å². The van der Waals surface area contributed by atoms with E-state index < -0.39 is 5.97 Å². The van der Waals surface area contributed by atoms with E-state index in [-0.39, 0.29) is 17.4 Å². The minimum Gasteiger partial charge on any atom is -0.464 e. The van der Waals surface area contributed by atoms with E-state index in [0.717, 1.165) is 5.01 Å². The number of esters is 1. The normalized spacial score (nSPS) is 11.6. The van der Waals surface area contributed by atoms with Gasteiger partial charge in [-0.3, -0.25) is 4.79 Å². The van der Waals surface area contributed by atoms with Crippen LogP contribution in [0.5, 0.6) is 0 Å². The van der Waals surface area contributed by atoms with Crippen LogP contribution in [0, 0.1) is 5.41 Å². The third kappa shape index (κ3) is 5.46. The number of carbonyl (C=O) groups is 2. The van der Waals surface area contributed by atoms with Crippen LogP contribution in [0.3, 0.4) is 0 Å². The third-order valence-corrected chi connectivity index (χ3v) is 3.71. The highest BCUT2D eigenvalue weighted by atomic mass is 32.1. The average molecular weight is 312 g/mol. The zero-order chi connectivity index (χ0) is 16.2. The Labute approximate surface area is 130 Å². The number of methoxy groups -OCH3 is 1. The summed E-state index contributed by atoms with van der Waals surface area (Å²) in [5.41, 5.74) is 0.245. The molecular formula is C15H24N2O3S. The smallest absolute Gasteiger partial charge is 0.357 e. The number of hydrogen-bond donors (Lipinski definition) is 0. The summed E-state index contributed by atoms with van der Waals surface area (Å²) in [4.78, 5) is 29.9. The highest BCUT2D eigenvalue weighted by molar-refractivity contribution is 7.09. The van der Waals surface area contributed by atoms with Crippen LogP contribution >= 0.6 is 11.3 Å². The molecule has 5 nitrogen and oxygen atoms in total. The van der Waals surface area contributed by atoms with Crippen molar-refractivity contribution in [3.05, 3.63) is 16.1 Å². The minimum absolute atomic E-state index is 0.0513. The van der Waals surface area contributed by atoms with Gasteiger partial charge in [0.15, 0.2) is 5.69 Å². The van der Waals surface area contributed by atoms with Crippen molar-refractivity contribution < 1.29 is 14.3 Å². The molecule has 21 heavy (non-hydrogen) atoms. The number of aromatic nitrogens is 1. The maximum absolute atomic E-state index is 12.4. The molecule has 0 radical (unpaired) electrons. The lowest BCUT2D eigenvalue weighted by molar-refractivity contribution is -0.135. The van der Waals surface area contributed by atoms with Crippen molar-refractivity contribution >= 4 is 23.2 Å². The first-order valence-corrected chi connectivity index (χ1v) is 7.84. The van der Waals surface area contributed by atoms with Gasteiger partial charge in [-0.1, -0.05) is 20.8 Å². The van der Waals surface area contributed by atoms with Crippen LogP contribution in [0.25, 0.3) is 0 Å². The van der Waals surface area contributed by atoms with E-state index >= 15 is 0 Å². The van der Waals surface area contributed by atoms with Gasteiger partial charge in [0.1, 0.15) is 5.01 Å². The van der Waals surface area contributed by atoms with Gasteiger partial charge in [-0.25, -0.2) is 9.78 Å². The molecule has 1 heterocycles. The zero-order valence-electron chi connectivity index (χ0n) is 13.6. The number of hydrogen-bond acceptors (Lipinski definition) is 5. The van der Waals surface area contributed by atoms with Crippen LogP contribution in [0.2, 0.25) is 0 Å². The van der Waals surface area contributed by atoms with Crippen LogP contribution < -0.4 is 0 Å². The fraction of sp³-hybridized carbons (Fsp3) is 0.667. The third-order valence-electron chi connectivity index (χ3n) is 2.88. The number of carbonyl (C=O) groups excluding carboxylic acids is 2. The first-order chi connectivity index (χ1) is 9.64. The predicted octanol–water partition coefficient (Wildman–Crippen LogP) is 3.10. The number of ether oxygens (including phenoxy) is 1. The summed E-state index contributed by atoms with van der Waals surface area (Å²) in [6.07, 6.45) is 0.487. The van der Waals surface area contributed by atoms with Crippen molar-refractivity contribution in [3.63, 3.8) is 0 Å². The van der Waals surface area contributed by atoms with Crippen LogP contribution in [0.15, 0.2) is 5.38 Å². The molecule has 0 fully saturated rings. The molecule has 0 N–H and O–H groups in total. The van der Waals surface area contributed by atoms with Crippen LogP contribution in [-0.4, -0.2) is 34.9 Å². The molecule has 0 aromatic carbocycles. The Morgan fingerprint density at radius 1 is 1.38 bits per heavy atom. The summed E-state index contributed by atoms with van der Waals surface area (Å²) in [6.45, 7) is 10.5. The molecule has 0 aliphatic heterocycles. The molecule has 1 rings (SSSR count). The Hall–Kier alpha value is -1.43. The van der Waals surface area contributed by atoms with Gasteiger partial charge >= 0.3 is 5.97 Å². The van der Waals surface area contributed by atoms with Crippen molar-refractivity contribution in [2.75, 3.05) is 7.11 Å². The molecule has 0 saturated carbocycles. The molecule has 118 valence electrons. The molecule has 6 heteroatoms. The summed E-state index contributed by atoms with van der Waals surface area (Å²) >= 11 is 1.37. The van der Waals surface area contributed by atoms with Gasteiger partial charge in [0.05, 0.1) is 13.7 Å². The average Bonchev–Trinajstić information content (AvgIpc) is 2.80. The molecule has 1 aromatic rings. The van der Waals surface area contributed by atoms with Crippen molar-refractivity contribution in [1.82, 2.24) is 9.88 Å². The first-order valence-electron chi connectivity index (χ1n) is 6.96. The van der Waals surface area contributed by atoms with E-state index in [1.165, 1.54) is 18.4 Å². The monoisotopic (exact) mass is 312 g/mol. The first kappa shape index (κ1) is 17.6. The van der Waals surface area contributed by atoms with Gasteiger partial charge in [-0.2, -0.15) is 0 Å². The molecule has 0 bridgehead atoms. The van der Waals surface area contributed by atoms with Crippen molar-refractivity contribution in [3.8, 4) is 0 Å². The Balaban J connectivity index is 2.82. The second-order valence-electron chi connectivity index (χ2n) is 6.47. The van der Waals surface area contributed by atoms with E-state index in [1.54, 1.807) is 10.3 Å². The largest absolute Gasteiger partial charge is 0.464 e. The molecule has 0 unspecified atom stereocenters. The molecule has 1 aromatic heterocycles. The highest BCUT2D eigenvalue weighted by Crippen LogP contribution is 2.22. The van der Waals surface area contributed by atoms with E-state index in [4.69, 9.17) is 0 Å². The van der Waals surface area contributed by atoms with Crippen molar-refractivity contribution in [1.29, 1.82) is 0 Å². The number of thiazole rings is 1. The standard InChI is InChI=1S/C15H24N2O3S/c1-10(2)17(13(18)7-15(3,4)5)8-12-16-11(9-21-12)14(19)20-6/h9-10H,7-8H2,1-6H3. The molecule has 0 atom stereocenters. The van der Waals surface area contributed by atoms with Crippen LogP contribution in [-0.2, 0) is 16.1 Å². The molecule has 0 aliphatic rings. The second-order valence-corrected chi connectivity index (χ2v) is 7.41. The lowest BCUT2D eigenvalue weighted by Crippen LogP contribution is -2.38. The number of rotatable bonds is 5. The fourth-order valence-corrected chi connectivity index (χ4v) is 2.60. The Kier molecular flexibility index (Phi) is 5.89. The SMILES string of the molecule is COC(=O)c1csc(CN(C(=O)CC(C)(C)C)C(C)C)n1. The lowest BCUT2D eigenvalue weighted by Gasteiger charge is -2.29. The molecular weight excluding hydrogens is 288 g/mol. The summed E-state index contributed by atoms with van der Waals surface area (Å²) in [5, 5.41) is 2.40. The van der Waals surface area contributed by atoms with E-state index in [1.807, 2.05) is 34.6 Å². The topological polar surface area (TPSA) is 59.5 Å². The van der Waals surface area contributed by atoms with Gasteiger partial charge in [0, 0.05) is 17.8 Å². The molecule has 0 spiro atoms. The quantitative estimate of drug-likeness (QED) is 0.784. The lowest BCUT2D eigenvalue weighted by atomic mass is 9.91. The maximum Gasteiger partial charge on any atom is 0.357 e. The van der Waals surface area contributed by atoms with E-state index in [9.17, 15) is 9.59 Å². The van der Waals surface area contributed by atoms with Gasteiger partial charge in [0.2, 0.25) is 5.91 Å². The summed E-state index contributed by atoms with van der Waals surface area (Å²) < 4.78 is 4.64. The van der Waals surface area contributed by atoms with E-state index in [2.05, 4.69) is 9.72 Å². The Bertz CT molecular complexity index is 503.